The predicted molar refractivity (Wildman–Crippen MR) is 130 cm³/mol. The van der Waals surface area contributed by atoms with Crippen molar-refractivity contribution in [3.8, 4) is 11.3 Å². The Morgan fingerprint density at radius 2 is 1.72 bits per heavy atom. The van der Waals surface area contributed by atoms with E-state index in [9.17, 15) is 9.18 Å². The number of nitrogens with one attached hydrogen (secondary N) is 1. The highest BCUT2D eigenvalue weighted by molar-refractivity contribution is 9.09. The highest BCUT2D eigenvalue weighted by atomic mass is 79.9. The van der Waals surface area contributed by atoms with Gasteiger partial charge in [0.05, 0.1) is 37.1 Å². The normalized spacial score (nSPS) is 17.2. The van der Waals surface area contributed by atoms with Crippen LogP contribution in [0, 0.1) is 5.82 Å². The first-order valence-electron chi connectivity index (χ1n) is 10.4. The molecule has 5 rings (SSSR count). The van der Waals surface area contributed by atoms with E-state index >= 15 is 0 Å². The lowest BCUT2D eigenvalue weighted by atomic mass is 9.96. The molecule has 3 aromatic rings. The first kappa shape index (κ1) is 21.7. The average molecular weight is 535 g/mol. The molecule has 1 aromatic heterocycles. The lowest BCUT2D eigenvalue weighted by Crippen LogP contribution is -2.42. The van der Waals surface area contributed by atoms with Gasteiger partial charge in [0, 0.05) is 17.7 Å². The molecule has 1 N–H and O–H groups in total. The number of carbonyl (C=O) groups is 1. The number of alkyl halides is 1. The minimum Gasteiger partial charge on any atom is -0.333 e. The summed E-state index contributed by atoms with van der Waals surface area (Å²) in [5, 5.41) is 3.65. The predicted octanol–water partition coefficient (Wildman–Crippen LogP) is 7.72. The molecule has 2 aliphatic rings. The minimum atomic E-state index is -0.315. The summed E-state index contributed by atoms with van der Waals surface area (Å²) in [4.78, 5) is 19.6. The number of hydrogen-bond donors (Lipinski definition) is 1. The fourth-order valence-electron chi connectivity index (χ4n) is 4.48. The van der Waals surface area contributed by atoms with Crippen LogP contribution in [0.5, 0.6) is 0 Å². The van der Waals surface area contributed by atoms with Crippen LogP contribution in [0.15, 0.2) is 48.5 Å². The number of anilines is 2. The van der Waals surface area contributed by atoms with Crippen molar-refractivity contribution >= 4 is 56.5 Å². The summed E-state index contributed by atoms with van der Waals surface area (Å²) in [5.74, 6) is -0.315. The standard InChI is InChI=1S/C24H19BrCl2FN3O/c25-24(10-1-2-11-24)20-12-19-16(21(30-20)14-6-8-15(28)9-7-14)13-29-23(32)31(19)22-17(26)4-3-5-18(22)27/h3-9,12H,1-2,10-11,13H2,(H,29,32). The number of aromatic nitrogens is 1. The van der Waals surface area contributed by atoms with E-state index in [0.717, 1.165) is 42.5 Å². The first-order valence-corrected chi connectivity index (χ1v) is 11.9. The summed E-state index contributed by atoms with van der Waals surface area (Å²) >= 11 is 16.9. The fraction of sp³-hybridized carbons (Fsp3) is 0.250. The second-order valence-electron chi connectivity index (χ2n) is 8.10. The van der Waals surface area contributed by atoms with Gasteiger partial charge in [-0.05, 0) is 55.3 Å². The Balaban J connectivity index is 1.78. The van der Waals surface area contributed by atoms with Crippen LogP contribution in [0.1, 0.15) is 36.9 Å². The van der Waals surface area contributed by atoms with Crippen LogP contribution in [0.3, 0.4) is 0 Å². The van der Waals surface area contributed by atoms with Gasteiger partial charge in [0.25, 0.3) is 0 Å². The smallest absolute Gasteiger partial charge is 0.326 e. The number of urea groups is 1. The van der Waals surface area contributed by atoms with Gasteiger partial charge in [-0.3, -0.25) is 9.88 Å². The molecule has 0 bridgehead atoms. The maximum Gasteiger partial charge on any atom is 0.326 e. The van der Waals surface area contributed by atoms with E-state index in [4.69, 9.17) is 28.2 Å². The Kier molecular flexibility index (Phi) is 5.64. The highest BCUT2D eigenvalue weighted by Crippen LogP contribution is 2.49. The molecule has 1 aliphatic carbocycles. The molecular formula is C24H19BrCl2FN3O. The Hall–Kier alpha value is -2.15. The molecular weight excluding hydrogens is 516 g/mol. The number of pyridine rings is 1. The number of nitrogens with zero attached hydrogens (tertiary/aromatic N) is 2. The summed E-state index contributed by atoms with van der Waals surface area (Å²) in [5.41, 5.74) is 4.25. The van der Waals surface area contributed by atoms with Crippen molar-refractivity contribution in [2.75, 3.05) is 4.90 Å². The molecule has 2 amide bonds. The third-order valence-electron chi connectivity index (χ3n) is 6.10. The fourth-order valence-corrected chi connectivity index (χ4v) is 5.81. The zero-order valence-electron chi connectivity index (χ0n) is 17.0. The number of rotatable bonds is 3. The molecule has 4 nitrogen and oxygen atoms in total. The van der Waals surface area contributed by atoms with Gasteiger partial charge in [0.1, 0.15) is 5.82 Å². The number of halogens is 4. The summed E-state index contributed by atoms with van der Waals surface area (Å²) in [6.45, 7) is 0.294. The summed E-state index contributed by atoms with van der Waals surface area (Å²) in [6.07, 6.45) is 4.08. The van der Waals surface area contributed by atoms with Crippen LogP contribution in [0.4, 0.5) is 20.6 Å². The van der Waals surface area contributed by atoms with E-state index in [1.165, 1.54) is 17.0 Å². The third kappa shape index (κ3) is 3.68. The van der Waals surface area contributed by atoms with Gasteiger partial charge in [-0.2, -0.15) is 0 Å². The van der Waals surface area contributed by atoms with Gasteiger partial charge in [-0.1, -0.05) is 58.0 Å². The van der Waals surface area contributed by atoms with Gasteiger partial charge in [-0.15, -0.1) is 0 Å². The molecule has 0 saturated heterocycles. The first-order chi connectivity index (χ1) is 15.4. The van der Waals surface area contributed by atoms with E-state index < -0.39 is 0 Å². The van der Waals surface area contributed by atoms with E-state index in [1.807, 2.05) is 6.07 Å². The summed E-state index contributed by atoms with van der Waals surface area (Å²) < 4.78 is 13.4. The third-order valence-corrected chi connectivity index (χ3v) is 7.90. The molecule has 1 saturated carbocycles. The summed E-state index contributed by atoms with van der Waals surface area (Å²) in [6, 6.07) is 13.0. The van der Waals surface area contributed by atoms with Gasteiger partial charge >= 0.3 is 6.03 Å². The van der Waals surface area contributed by atoms with Crippen molar-refractivity contribution in [1.29, 1.82) is 0 Å². The van der Waals surface area contributed by atoms with Crippen molar-refractivity contribution < 1.29 is 9.18 Å². The molecule has 1 fully saturated rings. The van der Waals surface area contributed by atoms with Crippen molar-refractivity contribution in [3.63, 3.8) is 0 Å². The highest BCUT2D eigenvalue weighted by Gasteiger charge is 2.38. The van der Waals surface area contributed by atoms with Crippen LogP contribution >= 0.6 is 39.1 Å². The largest absolute Gasteiger partial charge is 0.333 e. The van der Waals surface area contributed by atoms with E-state index in [1.54, 1.807) is 30.3 Å². The molecule has 2 aromatic carbocycles. The Labute approximate surface area is 203 Å². The van der Waals surface area contributed by atoms with E-state index in [-0.39, 0.29) is 16.2 Å². The van der Waals surface area contributed by atoms with Crippen LogP contribution < -0.4 is 10.2 Å². The van der Waals surface area contributed by atoms with Crippen molar-refractivity contribution in [2.24, 2.45) is 0 Å². The number of carbonyl (C=O) groups excluding carboxylic acids is 1. The monoisotopic (exact) mass is 533 g/mol. The Morgan fingerprint density at radius 3 is 2.38 bits per heavy atom. The van der Waals surface area contributed by atoms with Gasteiger partial charge < -0.3 is 5.32 Å². The van der Waals surface area contributed by atoms with Crippen molar-refractivity contribution in [1.82, 2.24) is 10.3 Å². The second-order valence-corrected chi connectivity index (χ2v) is 10.4. The maximum absolute atomic E-state index is 13.6. The molecule has 0 radical (unpaired) electrons. The Morgan fingerprint density at radius 1 is 1.06 bits per heavy atom. The molecule has 1 aliphatic heterocycles. The van der Waals surface area contributed by atoms with Gasteiger partial charge in [-0.25, -0.2) is 9.18 Å². The molecule has 0 atom stereocenters. The van der Waals surface area contributed by atoms with Crippen LogP contribution in [0.2, 0.25) is 10.0 Å². The Bertz CT molecular complexity index is 1190. The molecule has 164 valence electrons. The minimum absolute atomic E-state index is 0.277. The summed E-state index contributed by atoms with van der Waals surface area (Å²) in [7, 11) is 0. The molecule has 2 heterocycles. The second kappa shape index (κ2) is 8.32. The van der Waals surface area contributed by atoms with Gasteiger partial charge in [0.2, 0.25) is 0 Å². The molecule has 8 heteroatoms. The SMILES string of the molecule is O=C1NCc2c(cc(C3(Br)CCCC3)nc2-c2ccc(F)cc2)N1c1c(Cl)cccc1Cl. The average Bonchev–Trinajstić information content (AvgIpc) is 3.22. The number of fused-ring (bicyclic) bond motifs is 1. The number of para-hydroxylation sites is 1. The number of hydrogen-bond acceptors (Lipinski definition) is 2. The zero-order valence-corrected chi connectivity index (χ0v) is 20.1. The number of benzene rings is 2. The molecule has 0 unspecified atom stereocenters. The lowest BCUT2D eigenvalue weighted by Gasteiger charge is -2.34. The van der Waals surface area contributed by atoms with Gasteiger partial charge in [0.15, 0.2) is 0 Å². The molecule has 32 heavy (non-hydrogen) atoms. The van der Waals surface area contributed by atoms with E-state index in [0.29, 0.717) is 33.7 Å². The van der Waals surface area contributed by atoms with Crippen LogP contribution in [-0.2, 0) is 10.9 Å². The lowest BCUT2D eigenvalue weighted by molar-refractivity contribution is 0.247. The maximum atomic E-state index is 13.6. The van der Waals surface area contributed by atoms with Crippen molar-refractivity contribution in [3.05, 3.63) is 75.7 Å². The van der Waals surface area contributed by atoms with Crippen LogP contribution in [-0.4, -0.2) is 11.0 Å². The van der Waals surface area contributed by atoms with Crippen molar-refractivity contribution in [2.45, 2.75) is 36.6 Å². The van der Waals surface area contributed by atoms with E-state index in [2.05, 4.69) is 21.2 Å². The number of amides is 2. The van der Waals surface area contributed by atoms with Crippen LogP contribution in [0.25, 0.3) is 11.3 Å². The topological polar surface area (TPSA) is 45.2 Å². The molecule has 0 spiro atoms. The quantitative estimate of drug-likeness (QED) is 0.349. The zero-order chi connectivity index (χ0) is 22.5.